The van der Waals surface area contributed by atoms with Gasteiger partial charge in [0.05, 0.1) is 5.51 Å². The second kappa shape index (κ2) is 3.71. The van der Waals surface area contributed by atoms with E-state index in [9.17, 15) is 4.79 Å². The topological polar surface area (TPSA) is 30.0 Å². The fourth-order valence-corrected chi connectivity index (χ4v) is 3.88. The zero-order valence-electron chi connectivity index (χ0n) is 8.69. The predicted octanol–water partition coefficient (Wildman–Crippen LogP) is 2.69. The summed E-state index contributed by atoms with van der Waals surface area (Å²) in [5.41, 5.74) is 1.81. The summed E-state index contributed by atoms with van der Waals surface area (Å²) in [4.78, 5) is 17.2. The van der Waals surface area contributed by atoms with Crippen LogP contribution >= 0.6 is 11.3 Å². The Hall–Kier alpha value is -0.700. The van der Waals surface area contributed by atoms with Crippen molar-refractivity contribution in [3.05, 3.63) is 16.6 Å². The number of carbonyl (C=O) groups is 1. The lowest BCUT2D eigenvalue weighted by Crippen LogP contribution is -2.22. The Morgan fingerprint density at radius 2 is 2.40 bits per heavy atom. The van der Waals surface area contributed by atoms with E-state index in [2.05, 4.69) is 4.98 Å². The van der Waals surface area contributed by atoms with Crippen molar-refractivity contribution < 1.29 is 4.79 Å². The summed E-state index contributed by atoms with van der Waals surface area (Å²) in [6, 6.07) is 0. The molecule has 0 aliphatic heterocycles. The number of hydrogen-bond donors (Lipinski definition) is 0. The third kappa shape index (κ3) is 1.73. The number of thiazole rings is 1. The molecule has 2 fully saturated rings. The van der Waals surface area contributed by atoms with Gasteiger partial charge in [-0.15, -0.1) is 11.3 Å². The van der Waals surface area contributed by atoms with Crippen molar-refractivity contribution in [1.82, 2.24) is 4.98 Å². The lowest BCUT2D eigenvalue weighted by atomic mass is 9.84. The summed E-state index contributed by atoms with van der Waals surface area (Å²) in [6.07, 6.45) is 7.61. The van der Waals surface area contributed by atoms with Crippen molar-refractivity contribution in [2.75, 3.05) is 0 Å². The van der Waals surface area contributed by atoms with Gasteiger partial charge in [0.15, 0.2) is 0 Å². The molecule has 80 valence electrons. The first-order valence-electron chi connectivity index (χ1n) is 5.73. The Labute approximate surface area is 93.7 Å². The first-order valence-corrected chi connectivity index (χ1v) is 6.61. The predicted molar refractivity (Wildman–Crippen MR) is 59.8 cm³/mol. The van der Waals surface area contributed by atoms with Gasteiger partial charge in [0.25, 0.3) is 0 Å². The van der Waals surface area contributed by atoms with Gasteiger partial charge >= 0.3 is 0 Å². The Bertz CT molecular complexity index is 360. The van der Waals surface area contributed by atoms with Crippen molar-refractivity contribution >= 4 is 17.1 Å². The maximum absolute atomic E-state index is 12.1. The summed E-state index contributed by atoms with van der Waals surface area (Å²) in [6.45, 7) is 0. The van der Waals surface area contributed by atoms with Gasteiger partial charge in [-0.3, -0.25) is 9.78 Å². The molecule has 3 heteroatoms. The minimum absolute atomic E-state index is 0.380. The third-order valence-electron chi connectivity index (χ3n) is 3.98. The maximum atomic E-state index is 12.1. The van der Waals surface area contributed by atoms with Crippen LogP contribution in [-0.4, -0.2) is 10.8 Å². The van der Waals surface area contributed by atoms with Crippen molar-refractivity contribution in [2.24, 2.45) is 17.8 Å². The number of carbonyl (C=O) groups excluding carboxylic acids is 1. The first-order chi connectivity index (χ1) is 7.33. The van der Waals surface area contributed by atoms with Crippen molar-refractivity contribution in [1.29, 1.82) is 0 Å². The second-order valence-corrected chi connectivity index (χ2v) is 5.86. The molecular weight excluding hydrogens is 206 g/mol. The zero-order chi connectivity index (χ0) is 10.3. The molecule has 2 aliphatic carbocycles. The van der Waals surface area contributed by atoms with Gasteiger partial charge in [-0.1, -0.05) is 6.42 Å². The van der Waals surface area contributed by atoms with Crippen LogP contribution in [-0.2, 0) is 11.2 Å². The highest BCUT2D eigenvalue weighted by molar-refractivity contribution is 7.09. The average Bonchev–Trinajstić information content (AvgIpc) is 2.93. The lowest BCUT2D eigenvalue weighted by Gasteiger charge is -2.19. The van der Waals surface area contributed by atoms with Gasteiger partial charge in [0.1, 0.15) is 5.78 Å². The minimum atomic E-state index is 0.380. The Morgan fingerprint density at radius 3 is 3.00 bits per heavy atom. The number of aromatic nitrogens is 1. The molecule has 1 aromatic rings. The van der Waals surface area contributed by atoms with E-state index in [0.717, 1.165) is 16.7 Å². The van der Waals surface area contributed by atoms with E-state index in [-0.39, 0.29) is 0 Å². The van der Waals surface area contributed by atoms with Crippen LogP contribution in [0.3, 0.4) is 0 Å². The Morgan fingerprint density at radius 1 is 1.47 bits per heavy atom. The van der Waals surface area contributed by atoms with E-state index >= 15 is 0 Å². The van der Waals surface area contributed by atoms with E-state index in [1.807, 2.05) is 11.7 Å². The van der Waals surface area contributed by atoms with Crippen LogP contribution in [0.4, 0.5) is 0 Å². The van der Waals surface area contributed by atoms with Gasteiger partial charge in [-0.25, -0.2) is 0 Å². The van der Waals surface area contributed by atoms with Crippen LogP contribution in [0.2, 0.25) is 0 Å². The minimum Gasteiger partial charge on any atom is -0.299 e. The quantitative estimate of drug-likeness (QED) is 0.785. The highest BCUT2D eigenvalue weighted by atomic mass is 32.1. The molecule has 3 rings (SSSR count). The third-order valence-corrected chi connectivity index (χ3v) is 4.76. The second-order valence-electron chi connectivity index (χ2n) is 4.89. The summed E-state index contributed by atoms with van der Waals surface area (Å²) in [7, 11) is 0. The number of nitrogens with zero attached hydrogens (tertiary/aromatic N) is 1. The molecule has 15 heavy (non-hydrogen) atoms. The van der Waals surface area contributed by atoms with Crippen LogP contribution < -0.4 is 0 Å². The van der Waals surface area contributed by atoms with Gasteiger partial charge in [0.2, 0.25) is 0 Å². The highest BCUT2D eigenvalue weighted by Gasteiger charge is 2.42. The maximum Gasteiger partial charge on any atom is 0.141 e. The molecule has 0 N–H and O–H groups in total. The average molecular weight is 221 g/mol. The number of fused-ring (bicyclic) bond motifs is 2. The standard InChI is InChI=1S/C12H15NOS/c14-12(5-10-6-13-7-15-10)11-4-8-1-2-9(11)3-8/h6-9,11H,1-5H2. The lowest BCUT2D eigenvalue weighted by molar-refractivity contribution is -0.123. The summed E-state index contributed by atoms with van der Waals surface area (Å²) in [5.74, 6) is 2.43. The molecule has 1 aromatic heterocycles. The van der Waals surface area contributed by atoms with E-state index in [1.54, 1.807) is 11.3 Å². The molecular formula is C12H15NOS. The number of rotatable bonds is 3. The molecule has 0 spiro atoms. The van der Waals surface area contributed by atoms with E-state index < -0.39 is 0 Å². The van der Waals surface area contributed by atoms with Crippen LogP contribution in [0.5, 0.6) is 0 Å². The molecule has 2 saturated carbocycles. The summed E-state index contributed by atoms with van der Waals surface area (Å²) in [5, 5.41) is 0. The first kappa shape index (κ1) is 9.52. The van der Waals surface area contributed by atoms with Gasteiger partial charge < -0.3 is 0 Å². The van der Waals surface area contributed by atoms with E-state index in [4.69, 9.17) is 0 Å². The normalized spacial score (nSPS) is 33.5. The van der Waals surface area contributed by atoms with Crippen LogP contribution in [0.25, 0.3) is 0 Å². The molecule has 0 amide bonds. The fraction of sp³-hybridized carbons (Fsp3) is 0.667. The van der Waals surface area contributed by atoms with Gasteiger partial charge in [0, 0.05) is 23.4 Å². The van der Waals surface area contributed by atoms with E-state index in [0.29, 0.717) is 18.1 Å². The molecule has 2 nitrogen and oxygen atoms in total. The van der Waals surface area contributed by atoms with Crippen LogP contribution in [0, 0.1) is 17.8 Å². The smallest absolute Gasteiger partial charge is 0.141 e. The SMILES string of the molecule is O=C(Cc1cncs1)C1CC2CCC1C2. The number of ketones is 1. The summed E-state index contributed by atoms with van der Waals surface area (Å²) < 4.78 is 0. The molecule has 2 aliphatic rings. The largest absolute Gasteiger partial charge is 0.299 e. The van der Waals surface area contributed by atoms with Crippen molar-refractivity contribution in [2.45, 2.75) is 32.1 Å². The Balaban J connectivity index is 1.66. The van der Waals surface area contributed by atoms with Crippen molar-refractivity contribution in [3.8, 4) is 0 Å². The van der Waals surface area contributed by atoms with Crippen LogP contribution in [0.1, 0.15) is 30.6 Å². The molecule has 3 unspecified atom stereocenters. The van der Waals surface area contributed by atoms with Gasteiger partial charge in [-0.05, 0) is 31.1 Å². The van der Waals surface area contributed by atoms with E-state index in [1.165, 1.54) is 25.7 Å². The zero-order valence-corrected chi connectivity index (χ0v) is 9.50. The van der Waals surface area contributed by atoms with Gasteiger partial charge in [-0.2, -0.15) is 0 Å². The molecule has 0 radical (unpaired) electrons. The fourth-order valence-electron chi connectivity index (χ4n) is 3.27. The number of Topliss-reactive ketones (excluding diaryl/α,β-unsaturated/α-hetero) is 1. The number of hydrogen-bond acceptors (Lipinski definition) is 3. The highest BCUT2D eigenvalue weighted by Crippen LogP contribution is 2.48. The monoisotopic (exact) mass is 221 g/mol. The molecule has 0 saturated heterocycles. The molecule has 3 atom stereocenters. The van der Waals surface area contributed by atoms with Crippen molar-refractivity contribution in [3.63, 3.8) is 0 Å². The van der Waals surface area contributed by atoms with Crippen LogP contribution in [0.15, 0.2) is 11.7 Å². The summed E-state index contributed by atoms with van der Waals surface area (Å²) >= 11 is 1.60. The molecule has 1 heterocycles. The molecule has 2 bridgehead atoms. The molecule has 0 aromatic carbocycles. The Kier molecular flexibility index (Phi) is 2.35.